The number of imidazole rings is 1. The molecule has 0 aliphatic heterocycles. The first kappa shape index (κ1) is 14.1. The summed E-state index contributed by atoms with van der Waals surface area (Å²) in [5, 5.41) is 0. The van der Waals surface area contributed by atoms with Gasteiger partial charge in [0, 0.05) is 26.0 Å². The van der Waals surface area contributed by atoms with E-state index in [1.165, 1.54) is 12.5 Å². The number of hydrogen-bond donors (Lipinski definition) is 0. The number of carbonyl (C=O) groups is 1. The molecule has 1 amide bonds. The number of furan rings is 1. The Morgan fingerprint density at radius 2 is 2.05 bits per heavy atom. The summed E-state index contributed by atoms with van der Waals surface area (Å²) in [5.74, 6) is 0.772. The second kappa shape index (κ2) is 6.30. The zero-order valence-electron chi connectivity index (χ0n) is 12.3. The first-order valence-corrected chi connectivity index (χ1v) is 7.05. The Morgan fingerprint density at radius 3 is 2.68 bits per heavy atom. The van der Waals surface area contributed by atoms with Crippen LogP contribution >= 0.6 is 0 Å². The maximum absolute atomic E-state index is 12.7. The average molecular weight is 295 g/mol. The minimum Gasteiger partial charge on any atom is -0.472 e. The van der Waals surface area contributed by atoms with Crippen LogP contribution in [0.5, 0.6) is 0 Å². The summed E-state index contributed by atoms with van der Waals surface area (Å²) in [4.78, 5) is 18.7. The molecule has 0 saturated carbocycles. The molecular weight excluding hydrogens is 278 g/mol. The average Bonchev–Trinajstić information content (AvgIpc) is 3.19. The lowest BCUT2D eigenvalue weighted by atomic mass is 10.2. The molecule has 0 fully saturated rings. The molecule has 0 aliphatic carbocycles. The molecule has 0 unspecified atom stereocenters. The molecule has 22 heavy (non-hydrogen) atoms. The van der Waals surface area contributed by atoms with E-state index in [0.29, 0.717) is 18.7 Å². The third-order valence-corrected chi connectivity index (χ3v) is 3.52. The molecule has 3 aromatic rings. The lowest BCUT2D eigenvalue weighted by molar-refractivity contribution is 0.0723. The number of amides is 1. The SMILES string of the molecule is Cn1ccnc1CN(Cc1ccccc1)C(=O)c1ccoc1. The summed E-state index contributed by atoms with van der Waals surface area (Å²) in [6.45, 7) is 0.972. The summed E-state index contributed by atoms with van der Waals surface area (Å²) in [7, 11) is 1.92. The molecule has 0 radical (unpaired) electrons. The molecule has 1 aromatic carbocycles. The summed E-state index contributed by atoms with van der Waals surface area (Å²) >= 11 is 0. The van der Waals surface area contributed by atoms with Crippen molar-refractivity contribution in [2.45, 2.75) is 13.1 Å². The normalized spacial score (nSPS) is 10.6. The topological polar surface area (TPSA) is 51.3 Å². The van der Waals surface area contributed by atoms with Gasteiger partial charge in [-0.15, -0.1) is 0 Å². The van der Waals surface area contributed by atoms with E-state index < -0.39 is 0 Å². The Bertz CT molecular complexity index is 732. The predicted molar refractivity (Wildman–Crippen MR) is 81.9 cm³/mol. The van der Waals surface area contributed by atoms with Gasteiger partial charge in [0.2, 0.25) is 0 Å². The van der Waals surface area contributed by atoms with Gasteiger partial charge in [-0.05, 0) is 11.6 Å². The van der Waals surface area contributed by atoms with Crippen molar-refractivity contribution in [3.8, 4) is 0 Å². The largest absolute Gasteiger partial charge is 0.472 e. The Labute approximate surface area is 128 Å². The maximum atomic E-state index is 12.7. The summed E-state index contributed by atoms with van der Waals surface area (Å²) in [6.07, 6.45) is 6.59. The lowest BCUT2D eigenvalue weighted by Crippen LogP contribution is -2.31. The van der Waals surface area contributed by atoms with Crippen LogP contribution in [0, 0.1) is 0 Å². The third kappa shape index (κ3) is 3.09. The summed E-state index contributed by atoms with van der Waals surface area (Å²) < 4.78 is 6.94. The van der Waals surface area contributed by atoms with Gasteiger partial charge in [-0.2, -0.15) is 0 Å². The fourth-order valence-corrected chi connectivity index (χ4v) is 2.29. The molecule has 112 valence electrons. The van der Waals surface area contributed by atoms with Gasteiger partial charge in [0.1, 0.15) is 12.1 Å². The number of aryl methyl sites for hydroxylation is 1. The minimum atomic E-state index is -0.0689. The van der Waals surface area contributed by atoms with Gasteiger partial charge < -0.3 is 13.9 Å². The van der Waals surface area contributed by atoms with Crippen LogP contribution in [0.3, 0.4) is 0 Å². The first-order valence-electron chi connectivity index (χ1n) is 7.05. The molecule has 0 N–H and O–H groups in total. The van der Waals surface area contributed by atoms with Gasteiger partial charge in [-0.25, -0.2) is 4.98 Å². The number of nitrogens with zero attached hydrogens (tertiary/aromatic N) is 3. The van der Waals surface area contributed by atoms with Gasteiger partial charge in [-0.1, -0.05) is 30.3 Å². The molecule has 0 atom stereocenters. The van der Waals surface area contributed by atoms with E-state index >= 15 is 0 Å². The highest BCUT2D eigenvalue weighted by Gasteiger charge is 2.19. The summed E-state index contributed by atoms with van der Waals surface area (Å²) in [6, 6.07) is 11.6. The number of carbonyl (C=O) groups excluding carboxylic acids is 1. The van der Waals surface area contributed by atoms with Crippen molar-refractivity contribution in [2.75, 3.05) is 0 Å². The quantitative estimate of drug-likeness (QED) is 0.727. The van der Waals surface area contributed by atoms with E-state index in [2.05, 4.69) is 4.98 Å². The van der Waals surface area contributed by atoms with Crippen LogP contribution in [0.1, 0.15) is 21.7 Å². The number of rotatable bonds is 5. The number of aromatic nitrogens is 2. The van der Waals surface area contributed by atoms with Gasteiger partial charge >= 0.3 is 0 Å². The molecule has 3 rings (SSSR count). The number of hydrogen-bond acceptors (Lipinski definition) is 3. The van der Waals surface area contributed by atoms with E-state index in [9.17, 15) is 4.79 Å². The first-order chi connectivity index (χ1) is 10.7. The Hall–Kier alpha value is -2.82. The van der Waals surface area contributed by atoms with Crippen molar-refractivity contribution in [3.05, 3.63) is 78.3 Å². The molecule has 0 aliphatic rings. The van der Waals surface area contributed by atoms with E-state index in [0.717, 1.165) is 11.4 Å². The Kier molecular flexibility index (Phi) is 4.05. The van der Waals surface area contributed by atoms with Gasteiger partial charge in [0.15, 0.2) is 0 Å². The van der Waals surface area contributed by atoms with E-state index in [1.807, 2.05) is 48.1 Å². The predicted octanol–water partition coefficient (Wildman–Crippen LogP) is 2.86. The van der Waals surface area contributed by atoms with Crippen LogP contribution in [0.2, 0.25) is 0 Å². The molecular formula is C17H17N3O2. The minimum absolute atomic E-state index is 0.0689. The van der Waals surface area contributed by atoms with Crippen molar-refractivity contribution < 1.29 is 9.21 Å². The van der Waals surface area contributed by atoms with Crippen LogP contribution in [-0.2, 0) is 20.1 Å². The van der Waals surface area contributed by atoms with E-state index in [-0.39, 0.29) is 5.91 Å². The van der Waals surface area contributed by atoms with Crippen molar-refractivity contribution in [1.29, 1.82) is 0 Å². The van der Waals surface area contributed by atoms with Crippen molar-refractivity contribution in [1.82, 2.24) is 14.5 Å². The lowest BCUT2D eigenvalue weighted by Gasteiger charge is -2.22. The van der Waals surface area contributed by atoms with Crippen LogP contribution in [0.25, 0.3) is 0 Å². The van der Waals surface area contributed by atoms with Crippen LogP contribution in [0.15, 0.2) is 65.7 Å². The molecule has 2 aromatic heterocycles. The molecule has 2 heterocycles. The van der Waals surface area contributed by atoms with Crippen molar-refractivity contribution in [3.63, 3.8) is 0 Å². The van der Waals surface area contributed by atoms with Crippen molar-refractivity contribution in [2.24, 2.45) is 7.05 Å². The highest BCUT2D eigenvalue weighted by molar-refractivity contribution is 5.93. The fourth-order valence-electron chi connectivity index (χ4n) is 2.29. The second-order valence-corrected chi connectivity index (χ2v) is 5.11. The molecule has 5 nitrogen and oxygen atoms in total. The Morgan fingerprint density at radius 1 is 1.23 bits per heavy atom. The monoisotopic (exact) mass is 295 g/mol. The Balaban J connectivity index is 1.85. The summed E-state index contributed by atoms with van der Waals surface area (Å²) in [5.41, 5.74) is 1.62. The molecule has 0 bridgehead atoms. The highest BCUT2D eigenvalue weighted by atomic mass is 16.3. The van der Waals surface area contributed by atoms with Gasteiger partial charge in [0.05, 0.1) is 18.4 Å². The van der Waals surface area contributed by atoms with E-state index in [1.54, 1.807) is 17.2 Å². The van der Waals surface area contributed by atoms with Crippen LogP contribution in [-0.4, -0.2) is 20.4 Å². The fraction of sp³-hybridized carbons (Fsp3) is 0.176. The number of benzene rings is 1. The van der Waals surface area contributed by atoms with Crippen LogP contribution in [0.4, 0.5) is 0 Å². The zero-order valence-corrected chi connectivity index (χ0v) is 12.3. The second-order valence-electron chi connectivity index (χ2n) is 5.11. The molecule has 5 heteroatoms. The van der Waals surface area contributed by atoms with Crippen LogP contribution < -0.4 is 0 Å². The standard InChI is InChI=1S/C17H17N3O2/c1-19-9-8-18-16(19)12-20(11-14-5-3-2-4-6-14)17(21)15-7-10-22-13-15/h2-10,13H,11-12H2,1H3. The zero-order chi connectivity index (χ0) is 15.4. The van der Waals surface area contributed by atoms with Gasteiger partial charge in [-0.3, -0.25) is 4.79 Å². The molecule has 0 saturated heterocycles. The molecule has 0 spiro atoms. The van der Waals surface area contributed by atoms with E-state index in [4.69, 9.17) is 4.42 Å². The maximum Gasteiger partial charge on any atom is 0.257 e. The van der Waals surface area contributed by atoms with Crippen molar-refractivity contribution >= 4 is 5.91 Å². The van der Waals surface area contributed by atoms with Gasteiger partial charge in [0.25, 0.3) is 5.91 Å². The smallest absolute Gasteiger partial charge is 0.257 e. The third-order valence-electron chi connectivity index (χ3n) is 3.52. The highest BCUT2D eigenvalue weighted by Crippen LogP contribution is 2.13.